The highest BCUT2D eigenvalue weighted by Crippen LogP contribution is 2.20. The van der Waals surface area contributed by atoms with Crippen molar-refractivity contribution in [1.82, 2.24) is 14.9 Å². The number of aromatic nitrogens is 2. The summed E-state index contributed by atoms with van der Waals surface area (Å²) in [6.45, 7) is 2.21. The Morgan fingerprint density at radius 2 is 2.44 bits per heavy atom. The third kappa shape index (κ3) is 1.87. The van der Waals surface area contributed by atoms with Crippen molar-refractivity contribution < 1.29 is 0 Å². The zero-order valence-electron chi connectivity index (χ0n) is 10.5. The number of benzene rings is 1. The third-order valence-electron chi connectivity index (χ3n) is 3.74. The van der Waals surface area contributed by atoms with Crippen molar-refractivity contribution in [2.45, 2.75) is 12.8 Å². The molecule has 0 amide bonds. The number of fused-ring (bicyclic) bond motifs is 1. The molecule has 1 aromatic carbocycles. The zero-order valence-corrected chi connectivity index (χ0v) is 10.5. The maximum Gasteiger partial charge on any atom is 0.109 e. The number of rotatable bonds is 2. The van der Waals surface area contributed by atoms with Crippen LogP contribution in [0.4, 0.5) is 0 Å². The van der Waals surface area contributed by atoms with Crippen LogP contribution in [0.2, 0.25) is 0 Å². The highest BCUT2D eigenvalue weighted by molar-refractivity contribution is 5.77. The van der Waals surface area contributed by atoms with E-state index in [1.807, 2.05) is 18.2 Å². The molecule has 4 heteroatoms. The molecule has 92 valence electrons. The second-order valence-electron chi connectivity index (χ2n) is 4.97. The lowest BCUT2D eigenvalue weighted by Crippen LogP contribution is -2.12. The molecule has 1 aromatic heterocycles. The van der Waals surface area contributed by atoms with Gasteiger partial charge in [0.05, 0.1) is 22.7 Å². The second kappa shape index (κ2) is 4.43. The number of aryl methyl sites for hydroxylation is 1. The Kier molecular flexibility index (Phi) is 2.77. The molecule has 18 heavy (non-hydrogen) atoms. The number of hydrogen-bond acceptors (Lipinski definition) is 3. The fraction of sp³-hybridized carbons (Fsp3) is 0.429. The first-order valence-electron chi connectivity index (χ1n) is 6.34. The highest BCUT2D eigenvalue weighted by Gasteiger charge is 2.18. The Labute approximate surface area is 106 Å². The average molecular weight is 240 g/mol. The normalized spacial score (nSPS) is 19.2. The molecular formula is C14H16N4. The van der Waals surface area contributed by atoms with Gasteiger partial charge >= 0.3 is 0 Å². The summed E-state index contributed by atoms with van der Waals surface area (Å²) in [5, 5.41) is 12.3. The molecule has 1 unspecified atom stereocenters. The zero-order chi connectivity index (χ0) is 12.5. The van der Waals surface area contributed by atoms with Crippen molar-refractivity contribution in [3.63, 3.8) is 0 Å². The lowest BCUT2D eigenvalue weighted by Gasteiger charge is -2.07. The second-order valence-corrected chi connectivity index (χ2v) is 4.97. The Hall–Kier alpha value is -1.86. The van der Waals surface area contributed by atoms with E-state index >= 15 is 0 Å². The minimum Gasteiger partial charge on any atom is -0.331 e. The van der Waals surface area contributed by atoms with Crippen LogP contribution >= 0.6 is 0 Å². The lowest BCUT2D eigenvalue weighted by molar-refractivity contribution is 0.552. The van der Waals surface area contributed by atoms with Crippen molar-refractivity contribution >= 4 is 11.0 Å². The summed E-state index contributed by atoms with van der Waals surface area (Å²) in [6.07, 6.45) is 2.24. The van der Waals surface area contributed by atoms with Crippen molar-refractivity contribution in [3.8, 4) is 6.07 Å². The summed E-state index contributed by atoms with van der Waals surface area (Å²) >= 11 is 0. The summed E-state index contributed by atoms with van der Waals surface area (Å²) in [5.74, 6) is 1.81. The predicted octanol–water partition coefficient (Wildman–Crippen LogP) is 1.60. The van der Waals surface area contributed by atoms with Crippen LogP contribution in [0.3, 0.4) is 0 Å². The number of nitriles is 1. The molecule has 0 spiro atoms. The van der Waals surface area contributed by atoms with Crippen molar-refractivity contribution in [3.05, 3.63) is 29.6 Å². The minimum absolute atomic E-state index is 0.676. The Bertz CT molecular complexity index is 614. The highest BCUT2D eigenvalue weighted by atomic mass is 15.1. The van der Waals surface area contributed by atoms with Crippen LogP contribution in [0.15, 0.2) is 18.2 Å². The molecular weight excluding hydrogens is 224 g/mol. The van der Waals surface area contributed by atoms with Crippen LogP contribution in [0.25, 0.3) is 11.0 Å². The number of hydrogen-bond donors (Lipinski definition) is 1. The maximum absolute atomic E-state index is 8.91. The van der Waals surface area contributed by atoms with Gasteiger partial charge < -0.3 is 9.88 Å². The van der Waals surface area contributed by atoms with E-state index in [-0.39, 0.29) is 0 Å². The SMILES string of the molecule is Cn1c(CC2CCNC2)nc2cc(C#N)ccc21. The molecule has 0 radical (unpaired) electrons. The molecule has 1 saturated heterocycles. The van der Waals surface area contributed by atoms with Gasteiger partial charge in [0.15, 0.2) is 0 Å². The summed E-state index contributed by atoms with van der Waals surface area (Å²) in [5.41, 5.74) is 2.71. The van der Waals surface area contributed by atoms with Gasteiger partial charge in [-0.25, -0.2) is 4.98 Å². The van der Waals surface area contributed by atoms with Gasteiger partial charge in [0.1, 0.15) is 5.82 Å². The van der Waals surface area contributed by atoms with Gasteiger partial charge in [0.25, 0.3) is 0 Å². The largest absolute Gasteiger partial charge is 0.331 e. The smallest absolute Gasteiger partial charge is 0.109 e. The van der Waals surface area contributed by atoms with Crippen LogP contribution in [0.5, 0.6) is 0 Å². The Balaban J connectivity index is 1.97. The molecule has 0 aliphatic carbocycles. The summed E-state index contributed by atoms with van der Waals surface area (Å²) in [4.78, 5) is 4.67. The van der Waals surface area contributed by atoms with E-state index in [9.17, 15) is 0 Å². The number of nitrogens with one attached hydrogen (secondary N) is 1. The number of imidazole rings is 1. The van der Waals surface area contributed by atoms with E-state index in [1.165, 1.54) is 6.42 Å². The first-order valence-corrected chi connectivity index (χ1v) is 6.34. The molecule has 1 aliphatic heterocycles. The van der Waals surface area contributed by atoms with Gasteiger partial charge in [-0.15, -0.1) is 0 Å². The van der Waals surface area contributed by atoms with Gasteiger partial charge in [0, 0.05) is 13.5 Å². The van der Waals surface area contributed by atoms with E-state index in [0.717, 1.165) is 36.4 Å². The molecule has 1 atom stereocenters. The topological polar surface area (TPSA) is 53.6 Å². The standard InChI is InChI=1S/C14H16N4/c1-18-13-3-2-10(8-15)6-12(13)17-14(18)7-11-4-5-16-9-11/h2-3,6,11,16H,4-5,7,9H2,1H3. The molecule has 2 aromatic rings. The average Bonchev–Trinajstić information content (AvgIpc) is 2.99. The minimum atomic E-state index is 0.676. The molecule has 4 nitrogen and oxygen atoms in total. The van der Waals surface area contributed by atoms with Gasteiger partial charge in [0.2, 0.25) is 0 Å². The Morgan fingerprint density at radius 1 is 1.56 bits per heavy atom. The summed E-state index contributed by atoms with van der Waals surface area (Å²) in [6, 6.07) is 7.86. The summed E-state index contributed by atoms with van der Waals surface area (Å²) in [7, 11) is 2.05. The van der Waals surface area contributed by atoms with Crippen LogP contribution in [-0.2, 0) is 13.5 Å². The number of nitrogens with zero attached hydrogens (tertiary/aromatic N) is 3. The van der Waals surface area contributed by atoms with Crippen LogP contribution in [0, 0.1) is 17.2 Å². The molecule has 1 fully saturated rings. The fourth-order valence-corrected chi connectivity index (χ4v) is 2.65. The van der Waals surface area contributed by atoms with Gasteiger partial charge in [-0.1, -0.05) is 0 Å². The quantitative estimate of drug-likeness (QED) is 0.867. The van der Waals surface area contributed by atoms with Crippen LogP contribution in [-0.4, -0.2) is 22.6 Å². The van der Waals surface area contributed by atoms with Crippen LogP contribution in [0.1, 0.15) is 17.8 Å². The first kappa shape index (κ1) is 11.2. The van der Waals surface area contributed by atoms with E-state index in [1.54, 1.807) is 0 Å². The maximum atomic E-state index is 8.91. The van der Waals surface area contributed by atoms with E-state index in [0.29, 0.717) is 11.5 Å². The molecule has 3 rings (SSSR count). The van der Waals surface area contributed by atoms with Crippen LogP contribution < -0.4 is 5.32 Å². The van der Waals surface area contributed by atoms with E-state index < -0.39 is 0 Å². The molecule has 1 N–H and O–H groups in total. The van der Waals surface area contributed by atoms with Gasteiger partial charge in [-0.3, -0.25) is 0 Å². The molecule has 0 bridgehead atoms. The van der Waals surface area contributed by atoms with Gasteiger partial charge in [-0.05, 0) is 43.6 Å². The lowest BCUT2D eigenvalue weighted by atomic mass is 10.0. The van der Waals surface area contributed by atoms with Gasteiger partial charge in [-0.2, -0.15) is 5.26 Å². The van der Waals surface area contributed by atoms with Crippen molar-refractivity contribution in [2.75, 3.05) is 13.1 Å². The molecule has 0 saturated carbocycles. The summed E-state index contributed by atoms with van der Waals surface area (Å²) < 4.78 is 2.15. The van der Waals surface area contributed by atoms with Crippen molar-refractivity contribution in [2.24, 2.45) is 13.0 Å². The van der Waals surface area contributed by atoms with E-state index in [2.05, 4.69) is 28.0 Å². The fourth-order valence-electron chi connectivity index (χ4n) is 2.65. The Morgan fingerprint density at radius 3 is 3.17 bits per heavy atom. The first-order chi connectivity index (χ1) is 8.78. The molecule has 2 heterocycles. The third-order valence-corrected chi connectivity index (χ3v) is 3.74. The monoisotopic (exact) mass is 240 g/mol. The molecule has 1 aliphatic rings. The predicted molar refractivity (Wildman–Crippen MR) is 70.1 cm³/mol. The van der Waals surface area contributed by atoms with Crippen molar-refractivity contribution in [1.29, 1.82) is 5.26 Å². The van der Waals surface area contributed by atoms with E-state index in [4.69, 9.17) is 5.26 Å².